The van der Waals surface area contributed by atoms with Crippen LogP contribution in [0.3, 0.4) is 0 Å². The average molecular weight is 275 g/mol. The second kappa shape index (κ2) is 7.25. The van der Waals surface area contributed by atoms with Crippen molar-refractivity contribution in [3.8, 4) is 11.8 Å². The summed E-state index contributed by atoms with van der Waals surface area (Å²) in [6.07, 6.45) is 0. The number of methoxy groups -OCH3 is 1. The first-order chi connectivity index (χ1) is 9.78. The summed E-state index contributed by atoms with van der Waals surface area (Å²) < 4.78 is 5.14. The van der Waals surface area contributed by atoms with Gasteiger partial charge in [0.2, 0.25) is 0 Å². The molecule has 0 aromatic heterocycles. The van der Waals surface area contributed by atoms with Crippen LogP contribution in [0.4, 0.5) is 0 Å². The van der Waals surface area contributed by atoms with Crippen molar-refractivity contribution >= 4 is 0 Å². The zero-order valence-corrected chi connectivity index (χ0v) is 11.8. The molecule has 1 aromatic carbocycles. The molecule has 1 saturated heterocycles. The van der Waals surface area contributed by atoms with Gasteiger partial charge in [-0.2, -0.15) is 5.26 Å². The van der Waals surface area contributed by atoms with Crippen LogP contribution in [0.5, 0.6) is 5.75 Å². The lowest BCUT2D eigenvalue weighted by molar-refractivity contribution is 0.0982. The molecule has 1 aromatic rings. The molecule has 1 atom stereocenters. The Labute approximate surface area is 120 Å². The molecule has 0 spiro atoms. The molecular formula is C15H21N3O2. The van der Waals surface area contributed by atoms with Crippen LogP contribution in [0.2, 0.25) is 0 Å². The Morgan fingerprint density at radius 1 is 1.25 bits per heavy atom. The zero-order chi connectivity index (χ0) is 14.4. The van der Waals surface area contributed by atoms with Crippen LogP contribution in [-0.2, 0) is 0 Å². The van der Waals surface area contributed by atoms with Crippen molar-refractivity contribution in [2.75, 3.05) is 46.4 Å². The largest absolute Gasteiger partial charge is 0.497 e. The molecule has 1 fully saturated rings. The summed E-state index contributed by atoms with van der Waals surface area (Å²) in [4.78, 5) is 4.41. The lowest BCUT2D eigenvalue weighted by atomic mass is 10.1. The highest BCUT2D eigenvalue weighted by Gasteiger charge is 2.24. The number of hydrogen-bond donors (Lipinski definition) is 1. The number of rotatable bonds is 5. The molecule has 1 aliphatic heterocycles. The van der Waals surface area contributed by atoms with Crippen molar-refractivity contribution in [1.82, 2.24) is 9.80 Å². The lowest BCUT2D eigenvalue weighted by Gasteiger charge is -2.36. The highest BCUT2D eigenvalue weighted by atomic mass is 16.5. The molecule has 5 nitrogen and oxygen atoms in total. The molecule has 5 heteroatoms. The summed E-state index contributed by atoms with van der Waals surface area (Å²) in [6, 6.07) is 9.86. The quantitative estimate of drug-likeness (QED) is 0.864. The first-order valence-corrected chi connectivity index (χ1v) is 6.89. The number of nitriles is 1. The number of piperazine rings is 1. The Bertz CT molecular complexity index is 447. The van der Waals surface area contributed by atoms with Crippen LogP contribution < -0.4 is 4.74 Å². The second-order valence-corrected chi connectivity index (χ2v) is 4.91. The van der Waals surface area contributed by atoms with E-state index in [-0.39, 0.29) is 12.6 Å². The van der Waals surface area contributed by atoms with Crippen LogP contribution in [0, 0.1) is 11.3 Å². The van der Waals surface area contributed by atoms with Crippen molar-refractivity contribution in [1.29, 1.82) is 5.26 Å². The fourth-order valence-corrected chi connectivity index (χ4v) is 2.54. The first-order valence-electron chi connectivity index (χ1n) is 6.89. The van der Waals surface area contributed by atoms with Gasteiger partial charge < -0.3 is 9.84 Å². The fourth-order valence-electron chi connectivity index (χ4n) is 2.54. The molecule has 108 valence electrons. The SMILES string of the molecule is COc1ccc(C(C#N)N2CCN(CCO)CC2)cc1. The topological polar surface area (TPSA) is 59.7 Å². The van der Waals surface area contributed by atoms with Crippen LogP contribution in [0.25, 0.3) is 0 Å². The summed E-state index contributed by atoms with van der Waals surface area (Å²) in [5, 5.41) is 18.4. The Kier molecular flexibility index (Phi) is 5.36. The van der Waals surface area contributed by atoms with Gasteiger partial charge in [0.1, 0.15) is 11.8 Å². The number of hydrogen-bond acceptors (Lipinski definition) is 5. The minimum absolute atomic E-state index is 0.195. The van der Waals surface area contributed by atoms with Gasteiger partial charge in [-0.25, -0.2) is 0 Å². The van der Waals surface area contributed by atoms with Crippen LogP contribution in [0.15, 0.2) is 24.3 Å². The summed E-state index contributed by atoms with van der Waals surface area (Å²) >= 11 is 0. The minimum Gasteiger partial charge on any atom is -0.497 e. The number of nitrogens with zero attached hydrogens (tertiary/aromatic N) is 3. The molecule has 0 amide bonds. The van der Waals surface area contributed by atoms with E-state index in [0.717, 1.165) is 37.5 Å². The molecular weight excluding hydrogens is 254 g/mol. The van der Waals surface area contributed by atoms with Gasteiger partial charge >= 0.3 is 0 Å². The Hall–Kier alpha value is -1.61. The molecule has 1 heterocycles. The third kappa shape index (κ3) is 3.48. The second-order valence-electron chi connectivity index (χ2n) is 4.91. The molecule has 0 radical (unpaired) electrons. The number of β-amino-alcohol motifs (C(OH)–C–C–N with tert-alkyl or cyclic N) is 1. The Morgan fingerprint density at radius 3 is 2.40 bits per heavy atom. The van der Waals surface area contributed by atoms with Crippen LogP contribution in [0.1, 0.15) is 11.6 Å². The van der Waals surface area contributed by atoms with Gasteiger partial charge in [-0.05, 0) is 17.7 Å². The smallest absolute Gasteiger partial charge is 0.123 e. The van der Waals surface area contributed by atoms with E-state index in [1.807, 2.05) is 24.3 Å². The maximum atomic E-state index is 9.45. The maximum Gasteiger partial charge on any atom is 0.123 e. The lowest BCUT2D eigenvalue weighted by Crippen LogP contribution is -2.48. The molecule has 0 aliphatic carbocycles. The summed E-state index contributed by atoms with van der Waals surface area (Å²) in [5.74, 6) is 0.804. The van der Waals surface area contributed by atoms with Crippen molar-refractivity contribution < 1.29 is 9.84 Å². The van der Waals surface area contributed by atoms with Crippen molar-refractivity contribution in [3.05, 3.63) is 29.8 Å². The first kappa shape index (κ1) is 14.8. The third-order valence-corrected chi connectivity index (χ3v) is 3.74. The van der Waals surface area contributed by atoms with Gasteiger partial charge in [-0.15, -0.1) is 0 Å². The average Bonchev–Trinajstić information content (AvgIpc) is 2.51. The Morgan fingerprint density at radius 2 is 1.90 bits per heavy atom. The highest BCUT2D eigenvalue weighted by Crippen LogP contribution is 2.23. The third-order valence-electron chi connectivity index (χ3n) is 3.74. The predicted octanol–water partition coefficient (Wildman–Crippen LogP) is 0.870. The van der Waals surface area contributed by atoms with Gasteiger partial charge in [0.05, 0.1) is 19.8 Å². The van der Waals surface area contributed by atoms with E-state index in [1.165, 1.54) is 0 Å². The normalized spacial score (nSPS) is 18.4. The number of ether oxygens (including phenoxy) is 1. The number of aliphatic hydroxyl groups is 1. The van der Waals surface area contributed by atoms with E-state index in [2.05, 4.69) is 15.9 Å². The highest BCUT2D eigenvalue weighted by molar-refractivity contribution is 5.31. The molecule has 1 unspecified atom stereocenters. The van der Waals surface area contributed by atoms with Gasteiger partial charge in [-0.3, -0.25) is 9.80 Å². The van der Waals surface area contributed by atoms with Crippen molar-refractivity contribution in [2.24, 2.45) is 0 Å². The monoisotopic (exact) mass is 275 g/mol. The minimum atomic E-state index is -0.211. The van der Waals surface area contributed by atoms with E-state index in [4.69, 9.17) is 9.84 Å². The van der Waals surface area contributed by atoms with Crippen molar-refractivity contribution in [3.63, 3.8) is 0 Å². The summed E-state index contributed by atoms with van der Waals surface area (Å²) in [7, 11) is 1.64. The number of benzene rings is 1. The summed E-state index contributed by atoms with van der Waals surface area (Å²) in [6.45, 7) is 4.41. The fraction of sp³-hybridized carbons (Fsp3) is 0.533. The van der Waals surface area contributed by atoms with E-state index >= 15 is 0 Å². The van der Waals surface area contributed by atoms with Gasteiger partial charge in [0.15, 0.2) is 0 Å². The molecule has 2 rings (SSSR count). The van der Waals surface area contributed by atoms with Gasteiger partial charge in [-0.1, -0.05) is 12.1 Å². The Balaban J connectivity index is 2.00. The predicted molar refractivity (Wildman–Crippen MR) is 76.4 cm³/mol. The molecule has 0 saturated carbocycles. The van der Waals surface area contributed by atoms with Gasteiger partial charge in [0, 0.05) is 32.7 Å². The molecule has 1 aliphatic rings. The van der Waals surface area contributed by atoms with E-state index in [9.17, 15) is 5.26 Å². The molecule has 1 N–H and O–H groups in total. The maximum absolute atomic E-state index is 9.45. The number of aliphatic hydroxyl groups excluding tert-OH is 1. The van der Waals surface area contributed by atoms with Crippen molar-refractivity contribution in [2.45, 2.75) is 6.04 Å². The van der Waals surface area contributed by atoms with E-state index < -0.39 is 0 Å². The van der Waals surface area contributed by atoms with E-state index in [0.29, 0.717) is 6.54 Å². The summed E-state index contributed by atoms with van der Waals surface area (Å²) in [5.41, 5.74) is 1.00. The molecule has 20 heavy (non-hydrogen) atoms. The van der Waals surface area contributed by atoms with Crippen LogP contribution in [-0.4, -0.2) is 61.3 Å². The van der Waals surface area contributed by atoms with Gasteiger partial charge in [0.25, 0.3) is 0 Å². The van der Waals surface area contributed by atoms with Crippen LogP contribution >= 0.6 is 0 Å². The van der Waals surface area contributed by atoms with E-state index in [1.54, 1.807) is 7.11 Å². The zero-order valence-electron chi connectivity index (χ0n) is 11.8. The standard InChI is InChI=1S/C15H21N3O2/c1-20-14-4-2-13(3-5-14)15(12-16)18-8-6-17(7-9-18)10-11-19/h2-5,15,19H,6-11H2,1H3. The molecule has 0 bridgehead atoms.